The lowest BCUT2D eigenvalue weighted by atomic mass is 10.0. The highest BCUT2D eigenvalue weighted by Crippen LogP contribution is 2.11. The van der Waals surface area contributed by atoms with Crippen LogP contribution in [0.1, 0.15) is 25.8 Å². The largest absolute Gasteiger partial charge is 0.302 e. The molecule has 0 aliphatic rings. The Morgan fingerprint density at radius 2 is 1.88 bits per heavy atom. The zero-order chi connectivity index (χ0) is 12.0. The van der Waals surface area contributed by atoms with Crippen LogP contribution >= 0.6 is 0 Å². The van der Waals surface area contributed by atoms with Gasteiger partial charge in [-0.25, -0.2) is 0 Å². The summed E-state index contributed by atoms with van der Waals surface area (Å²) in [5, 5.41) is 0. The van der Waals surface area contributed by atoms with Crippen molar-refractivity contribution < 1.29 is 4.79 Å². The molecule has 2 nitrogen and oxygen atoms in total. The van der Waals surface area contributed by atoms with Crippen LogP contribution in [0.4, 0.5) is 0 Å². The minimum Gasteiger partial charge on any atom is -0.302 e. The van der Waals surface area contributed by atoms with Crippen LogP contribution in [-0.2, 0) is 11.3 Å². The molecule has 0 aromatic heterocycles. The molecule has 0 unspecified atom stereocenters. The third kappa shape index (κ3) is 4.15. The van der Waals surface area contributed by atoms with E-state index in [9.17, 15) is 4.79 Å². The van der Waals surface area contributed by atoms with Crippen molar-refractivity contribution >= 4 is 6.29 Å². The van der Waals surface area contributed by atoms with Crippen molar-refractivity contribution in [3.63, 3.8) is 0 Å². The fraction of sp³-hybridized carbons (Fsp3) is 0.500. The topological polar surface area (TPSA) is 20.3 Å². The predicted molar refractivity (Wildman–Crippen MR) is 67.2 cm³/mol. The van der Waals surface area contributed by atoms with Gasteiger partial charge in [-0.05, 0) is 24.9 Å². The van der Waals surface area contributed by atoms with Crippen molar-refractivity contribution in [2.24, 2.45) is 5.92 Å². The quantitative estimate of drug-likeness (QED) is 0.686. The van der Waals surface area contributed by atoms with Gasteiger partial charge in [-0.1, -0.05) is 44.2 Å². The van der Waals surface area contributed by atoms with E-state index in [1.807, 2.05) is 25.2 Å². The van der Waals surface area contributed by atoms with E-state index in [-0.39, 0.29) is 6.04 Å². The average Bonchev–Trinajstić information content (AvgIpc) is 2.26. The molecule has 1 atom stereocenters. The monoisotopic (exact) mass is 219 g/mol. The summed E-state index contributed by atoms with van der Waals surface area (Å²) in [7, 11) is 2.01. The second-order valence-corrected chi connectivity index (χ2v) is 4.73. The van der Waals surface area contributed by atoms with Crippen LogP contribution in [0.15, 0.2) is 30.3 Å². The molecule has 0 fully saturated rings. The molecule has 0 amide bonds. The van der Waals surface area contributed by atoms with Crippen molar-refractivity contribution in [1.29, 1.82) is 0 Å². The Morgan fingerprint density at radius 3 is 2.38 bits per heavy atom. The van der Waals surface area contributed by atoms with Crippen LogP contribution in [0.2, 0.25) is 0 Å². The van der Waals surface area contributed by atoms with E-state index in [2.05, 4.69) is 30.9 Å². The third-order valence-electron chi connectivity index (χ3n) is 2.71. The lowest BCUT2D eigenvalue weighted by Gasteiger charge is -2.24. The minimum atomic E-state index is 0.0280. The van der Waals surface area contributed by atoms with E-state index in [0.717, 1.165) is 19.3 Å². The molecule has 0 aliphatic carbocycles. The Morgan fingerprint density at radius 1 is 1.25 bits per heavy atom. The maximum atomic E-state index is 11.0. The van der Waals surface area contributed by atoms with Crippen molar-refractivity contribution in [3.05, 3.63) is 35.9 Å². The van der Waals surface area contributed by atoms with Gasteiger partial charge in [0.15, 0.2) is 0 Å². The van der Waals surface area contributed by atoms with Crippen molar-refractivity contribution in [2.45, 2.75) is 32.9 Å². The summed E-state index contributed by atoms with van der Waals surface area (Å²) in [6, 6.07) is 10.3. The fourth-order valence-corrected chi connectivity index (χ4v) is 1.81. The summed E-state index contributed by atoms with van der Waals surface area (Å²) >= 11 is 0. The molecule has 2 heteroatoms. The Bertz CT molecular complexity index is 308. The van der Waals surface area contributed by atoms with Gasteiger partial charge >= 0.3 is 0 Å². The van der Waals surface area contributed by atoms with Gasteiger partial charge in [0.05, 0.1) is 6.04 Å². The van der Waals surface area contributed by atoms with Crippen molar-refractivity contribution in [1.82, 2.24) is 4.90 Å². The highest BCUT2D eigenvalue weighted by molar-refractivity contribution is 5.57. The number of rotatable bonds is 6. The molecule has 0 saturated carbocycles. The van der Waals surface area contributed by atoms with E-state index < -0.39 is 0 Å². The molecule has 0 N–H and O–H groups in total. The summed E-state index contributed by atoms with van der Waals surface area (Å²) < 4.78 is 0. The maximum Gasteiger partial charge on any atom is 0.137 e. The average molecular weight is 219 g/mol. The van der Waals surface area contributed by atoms with E-state index in [1.54, 1.807) is 0 Å². The van der Waals surface area contributed by atoms with Gasteiger partial charge in [-0.15, -0.1) is 0 Å². The summed E-state index contributed by atoms with van der Waals surface area (Å²) in [4.78, 5) is 13.1. The lowest BCUT2D eigenvalue weighted by Crippen LogP contribution is -2.33. The zero-order valence-electron chi connectivity index (χ0n) is 10.4. The summed E-state index contributed by atoms with van der Waals surface area (Å²) in [5.74, 6) is 0.549. The van der Waals surface area contributed by atoms with Crippen LogP contribution in [0, 0.1) is 5.92 Å². The normalized spacial score (nSPS) is 13.1. The van der Waals surface area contributed by atoms with Crippen LogP contribution < -0.4 is 0 Å². The van der Waals surface area contributed by atoms with Gasteiger partial charge < -0.3 is 4.79 Å². The second kappa shape index (κ2) is 6.44. The highest BCUT2D eigenvalue weighted by Gasteiger charge is 2.15. The molecule has 1 aromatic carbocycles. The second-order valence-electron chi connectivity index (χ2n) is 4.73. The number of hydrogen-bond acceptors (Lipinski definition) is 2. The molecule has 0 bridgehead atoms. The first-order chi connectivity index (χ1) is 7.63. The first-order valence-electron chi connectivity index (χ1n) is 5.83. The van der Waals surface area contributed by atoms with Gasteiger partial charge in [-0.2, -0.15) is 0 Å². The number of benzene rings is 1. The van der Waals surface area contributed by atoms with E-state index >= 15 is 0 Å². The summed E-state index contributed by atoms with van der Waals surface area (Å²) in [6.07, 6.45) is 1.98. The maximum absolute atomic E-state index is 11.0. The number of carbonyl (C=O) groups is 1. The van der Waals surface area contributed by atoms with E-state index in [0.29, 0.717) is 5.92 Å². The van der Waals surface area contributed by atoms with Gasteiger partial charge in [0.2, 0.25) is 0 Å². The standard InChI is InChI=1S/C14H21NO/c1-12(2)9-14(11-16)15(3)10-13-7-5-4-6-8-13/h4-8,11-12,14H,9-10H2,1-3H3/t14-/m1/s1. The Balaban J connectivity index is 2.56. The van der Waals surface area contributed by atoms with E-state index in [4.69, 9.17) is 0 Å². The molecule has 0 radical (unpaired) electrons. The Hall–Kier alpha value is -1.15. The fourth-order valence-electron chi connectivity index (χ4n) is 1.81. The first-order valence-corrected chi connectivity index (χ1v) is 5.83. The number of carbonyl (C=O) groups excluding carboxylic acids is 1. The Labute approximate surface area is 98.3 Å². The number of nitrogens with zero attached hydrogens (tertiary/aromatic N) is 1. The van der Waals surface area contributed by atoms with Gasteiger partial charge in [-0.3, -0.25) is 4.90 Å². The summed E-state index contributed by atoms with van der Waals surface area (Å²) in [5.41, 5.74) is 1.25. The van der Waals surface area contributed by atoms with Crippen molar-refractivity contribution in [2.75, 3.05) is 7.05 Å². The molecule has 16 heavy (non-hydrogen) atoms. The lowest BCUT2D eigenvalue weighted by molar-refractivity contribution is -0.112. The predicted octanol–water partition coefficient (Wildman–Crippen LogP) is 2.73. The number of aldehydes is 1. The van der Waals surface area contributed by atoms with Gasteiger partial charge in [0.1, 0.15) is 6.29 Å². The molecular formula is C14H21NO. The molecule has 1 rings (SSSR count). The van der Waals surface area contributed by atoms with Crippen LogP contribution in [0.3, 0.4) is 0 Å². The number of likely N-dealkylation sites (N-methyl/N-ethyl adjacent to an activating group) is 1. The van der Waals surface area contributed by atoms with Crippen LogP contribution in [0.5, 0.6) is 0 Å². The van der Waals surface area contributed by atoms with Crippen molar-refractivity contribution in [3.8, 4) is 0 Å². The molecular weight excluding hydrogens is 198 g/mol. The molecule has 0 spiro atoms. The van der Waals surface area contributed by atoms with Crippen LogP contribution in [0.25, 0.3) is 0 Å². The highest BCUT2D eigenvalue weighted by atomic mass is 16.1. The number of hydrogen-bond donors (Lipinski definition) is 0. The molecule has 1 aromatic rings. The van der Waals surface area contributed by atoms with E-state index in [1.165, 1.54) is 5.56 Å². The van der Waals surface area contributed by atoms with Gasteiger partial charge in [0.25, 0.3) is 0 Å². The zero-order valence-corrected chi connectivity index (χ0v) is 10.4. The first kappa shape index (κ1) is 12.9. The summed E-state index contributed by atoms with van der Waals surface area (Å²) in [6.45, 7) is 5.12. The molecule has 88 valence electrons. The minimum absolute atomic E-state index is 0.0280. The Kier molecular flexibility index (Phi) is 5.20. The molecule has 0 saturated heterocycles. The molecule has 0 aliphatic heterocycles. The van der Waals surface area contributed by atoms with Gasteiger partial charge in [0, 0.05) is 6.54 Å². The van der Waals surface area contributed by atoms with Crippen LogP contribution in [-0.4, -0.2) is 24.3 Å². The SMILES string of the molecule is CC(C)C[C@H](C=O)N(C)Cc1ccccc1. The smallest absolute Gasteiger partial charge is 0.137 e. The third-order valence-corrected chi connectivity index (χ3v) is 2.71. The molecule has 0 heterocycles.